The van der Waals surface area contributed by atoms with Gasteiger partial charge >= 0.3 is 12.4 Å². The predicted octanol–water partition coefficient (Wildman–Crippen LogP) is 11.2. The van der Waals surface area contributed by atoms with Crippen LogP contribution in [0.2, 0.25) is 10.0 Å². The van der Waals surface area contributed by atoms with Crippen LogP contribution in [-0.2, 0) is 30.0 Å². The molecule has 2 aliphatic rings. The molecule has 4 aromatic rings. The second kappa shape index (κ2) is 23.9. The molecule has 2 heterocycles. The van der Waals surface area contributed by atoms with E-state index in [0.717, 1.165) is 70.5 Å². The number of likely N-dealkylation sites (tertiary alicyclic amines) is 2. The lowest BCUT2D eigenvalue weighted by molar-refractivity contribution is -0.139. The van der Waals surface area contributed by atoms with Gasteiger partial charge in [0, 0.05) is 35.2 Å². The van der Waals surface area contributed by atoms with Crippen molar-refractivity contribution in [1.29, 1.82) is 0 Å². The molecule has 2 fully saturated rings. The van der Waals surface area contributed by atoms with E-state index in [9.17, 15) is 36.2 Å². The van der Waals surface area contributed by atoms with Crippen LogP contribution in [0.25, 0.3) is 0 Å². The highest BCUT2D eigenvalue weighted by Crippen LogP contribution is 2.39. The molecule has 2 saturated heterocycles. The third kappa shape index (κ3) is 16.0. The molecule has 2 aliphatic heterocycles. The largest absolute Gasteiger partial charge is 0.492 e. The van der Waals surface area contributed by atoms with Gasteiger partial charge in [0.2, 0.25) is 0 Å². The Morgan fingerprint density at radius 1 is 0.639 bits per heavy atom. The van der Waals surface area contributed by atoms with Crippen molar-refractivity contribution in [1.82, 2.24) is 9.80 Å². The molecule has 0 aliphatic carbocycles. The molecular weight excluding hydrogens is 860 g/mol. The minimum atomic E-state index is -4.44. The van der Waals surface area contributed by atoms with E-state index >= 15 is 0 Å². The minimum Gasteiger partial charge on any atom is -0.492 e. The van der Waals surface area contributed by atoms with Gasteiger partial charge in [0.1, 0.15) is 31.0 Å². The highest BCUT2D eigenvalue weighted by atomic mass is 35.5. The summed E-state index contributed by atoms with van der Waals surface area (Å²) >= 11 is 11.9. The molecule has 0 radical (unpaired) electrons. The van der Waals surface area contributed by atoms with Gasteiger partial charge in [-0.25, -0.2) is 0 Å². The maximum atomic E-state index is 13.0. The minimum absolute atomic E-state index is 0.110. The van der Waals surface area contributed by atoms with E-state index in [-0.39, 0.29) is 36.7 Å². The van der Waals surface area contributed by atoms with Gasteiger partial charge in [-0.15, -0.1) is 8.58 Å². The molecular formula is C46H55Cl2F6N2O4P. The molecule has 0 atom stereocenters. The number of halogens is 8. The molecule has 6 nitrogen and oxygen atoms in total. The number of hydrogen-bond acceptors (Lipinski definition) is 6. The fourth-order valence-electron chi connectivity index (χ4n) is 7.47. The van der Waals surface area contributed by atoms with Gasteiger partial charge in [-0.3, -0.25) is 9.80 Å². The molecule has 0 unspecified atom stereocenters. The predicted molar refractivity (Wildman–Crippen MR) is 234 cm³/mol. The molecule has 0 saturated carbocycles. The van der Waals surface area contributed by atoms with E-state index in [1.165, 1.54) is 36.4 Å². The topological polar surface area (TPSA) is 62.2 Å². The molecule has 0 spiro atoms. The number of rotatable bonds is 14. The fourth-order valence-corrected chi connectivity index (χ4v) is 7.72. The molecule has 15 heteroatoms. The van der Waals surface area contributed by atoms with Gasteiger partial charge in [0.15, 0.2) is 0 Å². The van der Waals surface area contributed by atoms with Crippen molar-refractivity contribution in [2.45, 2.75) is 50.9 Å². The zero-order chi connectivity index (χ0) is 44.5. The maximum absolute atomic E-state index is 13.0. The summed E-state index contributed by atoms with van der Waals surface area (Å²) in [4.78, 5) is 16.1. The van der Waals surface area contributed by atoms with E-state index in [2.05, 4.69) is 23.1 Å². The maximum Gasteiger partial charge on any atom is 0.419 e. The van der Waals surface area contributed by atoms with Crippen LogP contribution in [0.5, 0.6) is 11.5 Å². The van der Waals surface area contributed by atoms with Gasteiger partial charge in [0.05, 0.1) is 11.1 Å². The van der Waals surface area contributed by atoms with Crippen LogP contribution in [0.1, 0.15) is 47.9 Å². The normalized spacial score (nSPS) is 16.6. The lowest BCUT2D eigenvalue weighted by Crippen LogP contribution is -2.44. The number of nitrogens with zero attached hydrogens (tertiary/aromatic N) is 2. The second-order valence-corrected chi connectivity index (χ2v) is 17.5. The third-order valence-electron chi connectivity index (χ3n) is 11.0. The summed E-state index contributed by atoms with van der Waals surface area (Å²) in [7, 11) is 1.08. The average Bonchev–Trinajstić information content (AvgIpc) is 3.24. The van der Waals surface area contributed by atoms with Crippen molar-refractivity contribution >= 4 is 38.1 Å². The summed E-state index contributed by atoms with van der Waals surface area (Å²) < 4.78 is 89.0. The Hall–Kier alpha value is -3.38. The highest BCUT2D eigenvalue weighted by Gasteiger charge is 2.37. The first-order valence-corrected chi connectivity index (χ1v) is 23.0. The van der Waals surface area contributed by atoms with Crippen LogP contribution in [-0.4, -0.2) is 93.6 Å². The number of hydrogen-bond donors (Lipinski definition) is 1. The molecule has 0 aromatic heterocycles. The molecule has 334 valence electrons. The van der Waals surface area contributed by atoms with Gasteiger partial charge in [-0.1, -0.05) is 71.7 Å². The molecule has 6 rings (SSSR count). The summed E-state index contributed by atoms with van der Waals surface area (Å²) in [5, 5.41) is 11.4. The van der Waals surface area contributed by atoms with E-state index in [1.807, 2.05) is 48.5 Å². The number of aldehydes is 1. The van der Waals surface area contributed by atoms with Crippen molar-refractivity contribution in [2.24, 2.45) is 10.8 Å². The third-order valence-corrected chi connectivity index (χ3v) is 11.5. The standard InChI is InChI=1S/C22H25ClF3NO2.C22H23ClF3NO2.C2H7P/c2*23-18-7-5-17(6-8-18)15-21(16-28)9-11-27(12-10-21)13-14-29-20-4-2-1-3-19(20)22(24,25)26;1-3-2/h1-8,28H,9-16H2;1-8,16H,9-15H2;3H,1-2H3. The van der Waals surface area contributed by atoms with Gasteiger partial charge in [0.25, 0.3) is 0 Å². The molecule has 61 heavy (non-hydrogen) atoms. The number of carbonyl (C=O) groups excluding carboxylic acids is 1. The number of benzene rings is 4. The van der Waals surface area contributed by atoms with Crippen molar-refractivity contribution in [3.05, 3.63) is 129 Å². The summed E-state index contributed by atoms with van der Waals surface area (Å²) in [6.45, 7) is 8.80. The fraction of sp³-hybridized carbons (Fsp3) is 0.457. The number of piperidine rings is 2. The molecule has 1 N–H and O–H groups in total. The Kier molecular flexibility index (Phi) is 19.7. The van der Waals surface area contributed by atoms with E-state index in [0.29, 0.717) is 55.5 Å². The SMILES string of the molecule is CPC.O=CC1(Cc2ccc(Cl)cc2)CCN(CCOc2ccccc2C(F)(F)F)CC1.OCC1(Cc2ccc(Cl)cc2)CCN(CCOc2ccccc2C(F)(F)F)CC1. The number of alkyl halides is 6. The number of para-hydroxylation sites is 2. The van der Waals surface area contributed by atoms with Crippen LogP contribution in [0.15, 0.2) is 97.1 Å². The van der Waals surface area contributed by atoms with E-state index in [1.54, 1.807) is 0 Å². The number of aliphatic hydroxyl groups is 1. The van der Waals surface area contributed by atoms with E-state index < -0.39 is 28.9 Å². The van der Waals surface area contributed by atoms with Crippen LogP contribution >= 0.6 is 31.8 Å². The number of aliphatic hydroxyl groups excluding tert-OH is 1. The van der Waals surface area contributed by atoms with Crippen molar-refractivity contribution in [2.75, 3.05) is 72.4 Å². The lowest BCUT2D eigenvalue weighted by Gasteiger charge is -2.41. The molecule has 0 amide bonds. The summed E-state index contributed by atoms with van der Waals surface area (Å²) in [6.07, 6.45) is -3.31. The second-order valence-electron chi connectivity index (χ2n) is 15.6. The molecule has 4 aromatic carbocycles. The first-order valence-electron chi connectivity index (χ1n) is 20.2. The first kappa shape index (κ1) is 50.3. The number of carbonyl (C=O) groups is 1. The highest BCUT2D eigenvalue weighted by molar-refractivity contribution is 7.35. The van der Waals surface area contributed by atoms with Crippen molar-refractivity contribution in [3.8, 4) is 11.5 Å². The summed E-state index contributed by atoms with van der Waals surface area (Å²) in [5.74, 6) is -0.286. The van der Waals surface area contributed by atoms with Gasteiger partial charge in [-0.2, -0.15) is 26.3 Å². The van der Waals surface area contributed by atoms with Crippen LogP contribution in [0.4, 0.5) is 26.3 Å². The monoisotopic (exact) mass is 914 g/mol. The number of ether oxygens (including phenoxy) is 2. The van der Waals surface area contributed by atoms with E-state index in [4.69, 9.17) is 32.7 Å². The average molecular weight is 916 g/mol. The Morgan fingerprint density at radius 2 is 1.02 bits per heavy atom. The zero-order valence-electron chi connectivity index (χ0n) is 34.5. The van der Waals surface area contributed by atoms with Gasteiger partial charge < -0.3 is 19.4 Å². The Balaban J connectivity index is 0.000000252. The smallest absolute Gasteiger partial charge is 0.419 e. The first-order chi connectivity index (χ1) is 29.0. The van der Waals surface area contributed by atoms with Crippen LogP contribution < -0.4 is 9.47 Å². The lowest BCUT2D eigenvalue weighted by atomic mass is 9.74. The van der Waals surface area contributed by atoms with Crippen LogP contribution in [0, 0.1) is 10.8 Å². The zero-order valence-corrected chi connectivity index (χ0v) is 37.0. The van der Waals surface area contributed by atoms with Gasteiger partial charge in [-0.05, 0) is 143 Å². The summed E-state index contributed by atoms with van der Waals surface area (Å²) in [5.41, 5.74) is 0.121. The Morgan fingerprint density at radius 3 is 1.39 bits per heavy atom. The van der Waals surface area contributed by atoms with Crippen molar-refractivity contribution in [3.63, 3.8) is 0 Å². The van der Waals surface area contributed by atoms with Crippen LogP contribution in [0.3, 0.4) is 0 Å². The molecule has 0 bridgehead atoms. The Labute approximate surface area is 367 Å². The quantitative estimate of drug-likeness (QED) is 0.0773. The Bertz CT molecular complexity index is 1900. The van der Waals surface area contributed by atoms with Crippen molar-refractivity contribution < 1.29 is 45.7 Å². The summed E-state index contributed by atoms with van der Waals surface area (Å²) in [6, 6.07) is 25.7.